The van der Waals surface area contributed by atoms with Gasteiger partial charge in [0.15, 0.2) is 0 Å². The van der Waals surface area contributed by atoms with Gasteiger partial charge >= 0.3 is 0 Å². The van der Waals surface area contributed by atoms with E-state index in [-0.39, 0.29) is 5.91 Å². The van der Waals surface area contributed by atoms with Gasteiger partial charge in [-0.05, 0) is 37.3 Å². The highest BCUT2D eigenvalue weighted by Gasteiger charge is 2.30. The maximum Gasteiger partial charge on any atom is 0.266 e. The molecule has 2 aromatic heterocycles. The van der Waals surface area contributed by atoms with Crippen LogP contribution >= 0.6 is 11.3 Å². The number of piperidine rings is 1. The average Bonchev–Trinajstić information content (AvgIpc) is 2.74. The second-order valence-corrected chi connectivity index (χ2v) is 7.61. The van der Waals surface area contributed by atoms with Crippen LogP contribution in [-0.2, 0) is 0 Å². The highest BCUT2D eigenvalue weighted by molar-refractivity contribution is 7.21. The molecule has 2 N–H and O–H groups in total. The van der Waals surface area contributed by atoms with E-state index >= 15 is 0 Å². The SMILES string of the molecule is Cc1ccc2c(N)c(C(=O)N3CCC(C)(C)CC3)sc2n1. The fourth-order valence-electron chi connectivity index (χ4n) is 2.71. The number of rotatable bonds is 1. The third-order valence-corrected chi connectivity index (χ3v) is 5.43. The summed E-state index contributed by atoms with van der Waals surface area (Å²) in [5.74, 6) is 0.0589. The van der Waals surface area contributed by atoms with Crippen LogP contribution in [0.25, 0.3) is 10.2 Å². The monoisotopic (exact) mass is 303 g/mol. The van der Waals surface area contributed by atoms with Crippen LogP contribution in [0.15, 0.2) is 12.1 Å². The lowest BCUT2D eigenvalue weighted by atomic mass is 9.82. The summed E-state index contributed by atoms with van der Waals surface area (Å²) in [6, 6.07) is 3.89. The van der Waals surface area contributed by atoms with Crippen molar-refractivity contribution in [3.8, 4) is 0 Å². The summed E-state index contributed by atoms with van der Waals surface area (Å²) < 4.78 is 0. The first kappa shape index (κ1) is 14.3. The van der Waals surface area contributed by atoms with Gasteiger partial charge in [0.25, 0.3) is 5.91 Å². The predicted molar refractivity (Wildman–Crippen MR) is 87.7 cm³/mol. The van der Waals surface area contributed by atoms with Gasteiger partial charge in [0.2, 0.25) is 0 Å². The van der Waals surface area contributed by atoms with Gasteiger partial charge in [-0.1, -0.05) is 13.8 Å². The van der Waals surface area contributed by atoms with Crippen LogP contribution in [0.3, 0.4) is 0 Å². The second kappa shape index (κ2) is 4.98. The molecule has 0 radical (unpaired) electrons. The minimum atomic E-state index is 0.0589. The summed E-state index contributed by atoms with van der Waals surface area (Å²) in [4.78, 5) is 20.6. The Morgan fingerprint density at radius 1 is 1.33 bits per heavy atom. The normalized spacial score (nSPS) is 18.1. The smallest absolute Gasteiger partial charge is 0.266 e. The number of nitrogens with zero attached hydrogens (tertiary/aromatic N) is 2. The predicted octanol–water partition coefficient (Wildman–Crippen LogP) is 3.45. The number of carbonyl (C=O) groups excluding carboxylic acids is 1. The molecule has 21 heavy (non-hydrogen) atoms. The van der Waals surface area contributed by atoms with Crippen molar-refractivity contribution in [1.29, 1.82) is 0 Å². The van der Waals surface area contributed by atoms with Crippen LogP contribution in [0.2, 0.25) is 0 Å². The molecule has 0 spiro atoms. The Morgan fingerprint density at radius 2 is 2.00 bits per heavy atom. The highest BCUT2D eigenvalue weighted by Crippen LogP contribution is 2.35. The zero-order valence-electron chi connectivity index (χ0n) is 12.8. The van der Waals surface area contributed by atoms with Gasteiger partial charge in [0.05, 0.1) is 5.69 Å². The average molecular weight is 303 g/mol. The molecule has 3 rings (SSSR count). The maximum absolute atomic E-state index is 12.7. The fraction of sp³-hybridized carbons (Fsp3) is 0.500. The van der Waals surface area contributed by atoms with Crippen molar-refractivity contribution in [3.63, 3.8) is 0 Å². The number of aryl methyl sites for hydroxylation is 1. The zero-order valence-corrected chi connectivity index (χ0v) is 13.6. The second-order valence-electron chi connectivity index (χ2n) is 6.61. The molecule has 4 nitrogen and oxygen atoms in total. The summed E-state index contributed by atoms with van der Waals surface area (Å²) in [5, 5.41) is 0.895. The van der Waals surface area contributed by atoms with Crippen LogP contribution < -0.4 is 5.73 Å². The number of anilines is 1. The first-order chi connectivity index (χ1) is 9.87. The van der Waals surface area contributed by atoms with Crippen LogP contribution in [0.5, 0.6) is 0 Å². The number of hydrogen-bond acceptors (Lipinski definition) is 4. The van der Waals surface area contributed by atoms with E-state index in [9.17, 15) is 4.79 Å². The number of nitrogens with two attached hydrogens (primary N) is 1. The van der Waals surface area contributed by atoms with Crippen LogP contribution in [0.4, 0.5) is 5.69 Å². The van der Waals surface area contributed by atoms with Gasteiger partial charge < -0.3 is 10.6 Å². The van der Waals surface area contributed by atoms with E-state index in [1.54, 1.807) is 0 Å². The van der Waals surface area contributed by atoms with Gasteiger partial charge in [0.1, 0.15) is 9.71 Å². The Balaban J connectivity index is 1.90. The molecule has 1 amide bonds. The van der Waals surface area contributed by atoms with E-state index in [0.29, 0.717) is 16.0 Å². The number of amides is 1. The van der Waals surface area contributed by atoms with E-state index in [1.807, 2.05) is 24.0 Å². The first-order valence-corrected chi connectivity index (χ1v) is 8.14. The van der Waals surface area contributed by atoms with Crippen molar-refractivity contribution in [1.82, 2.24) is 9.88 Å². The van der Waals surface area contributed by atoms with E-state index in [1.165, 1.54) is 11.3 Å². The Morgan fingerprint density at radius 3 is 2.67 bits per heavy atom. The number of hydrogen-bond donors (Lipinski definition) is 1. The molecule has 0 bridgehead atoms. The van der Waals surface area contributed by atoms with Crippen molar-refractivity contribution in [2.24, 2.45) is 5.41 Å². The van der Waals surface area contributed by atoms with Gasteiger partial charge in [0, 0.05) is 24.2 Å². The van der Waals surface area contributed by atoms with Gasteiger partial charge in [-0.25, -0.2) is 4.98 Å². The molecule has 1 saturated heterocycles. The molecule has 1 aliphatic rings. The number of carbonyl (C=O) groups is 1. The van der Waals surface area contributed by atoms with Gasteiger partial charge in [-0.3, -0.25) is 4.79 Å². The van der Waals surface area contributed by atoms with E-state index in [2.05, 4.69) is 18.8 Å². The summed E-state index contributed by atoms with van der Waals surface area (Å²) >= 11 is 1.41. The van der Waals surface area contributed by atoms with Crippen molar-refractivity contribution in [2.75, 3.05) is 18.8 Å². The first-order valence-electron chi connectivity index (χ1n) is 7.32. The number of nitrogen functional groups attached to an aromatic ring is 1. The molecule has 0 aliphatic carbocycles. The topological polar surface area (TPSA) is 59.2 Å². The Kier molecular flexibility index (Phi) is 3.40. The number of fused-ring (bicyclic) bond motifs is 1. The summed E-state index contributed by atoms with van der Waals surface area (Å²) in [7, 11) is 0. The Bertz CT molecular complexity index is 695. The number of aromatic nitrogens is 1. The van der Waals surface area contributed by atoms with Gasteiger partial charge in [-0.2, -0.15) is 0 Å². The Labute approximate surface area is 129 Å². The molecule has 1 aliphatic heterocycles. The summed E-state index contributed by atoms with van der Waals surface area (Å²) in [6.45, 7) is 8.09. The molecule has 0 aromatic carbocycles. The van der Waals surface area contributed by atoms with Crippen LogP contribution in [-0.4, -0.2) is 28.9 Å². The van der Waals surface area contributed by atoms with E-state index < -0.39 is 0 Å². The standard InChI is InChI=1S/C16H21N3OS/c1-10-4-5-11-12(17)13(21-14(11)18-10)15(20)19-8-6-16(2,3)7-9-19/h4-5H,6-9,17H2,1-3H3. The lowest BCUT2D eigenvalue weighted by molar-refractivity contribution is 0.0636. The number of likely N-dealkylation sites (tertiary alicyclic amines) is 1. The molecule has 5 heteroatoms. The number of thiophene rings is 1. The molecule has 0 unspecified atom stereocenters. The molecule has 1 fully saturated rings. The van der Waals surface area contributed by atoms with Crippen molar-refractivity contribution in [2.45, 2.75) is 33.6 Å². The maximum atomic E-state index is 12.7. The van der Waals surface area contributed by atoms with Crippen molar-refractivity contribution in [3.05, 3.63) is 22.7 Å². The quantitative estimate of drug-likeness (QED) is 0.878. The fourth-order valence-corrected chi connectivity index (χ4v) is 3.81. The minimum absolute atomic E-state index is 0.0589. The van der Waals surface area contributed by atoms with Gasteiger partial charge in [-0.15, -0.1) is 11.3 Å². The Hall–Kier alpha value is -1.62. The molecule has 2 aromatic rings. The summed E-state index contributed by atoms with van der Waals surface area (Å²) in [6.07, 6.45) is 2.09. The van der Waals surface area contributed by atoms with E-state index in [0.717, 1.165) is 41.8 Å². The van der Waals surface area contributed by atoms with Crippen LogP contribution in [0, 0.1) is 12.3 Å². The molecule has 0 saturated carbocycles. The molecular formula is C16H21N3OS. The van der Waals surface area contributed by atoms with Crippen LogP contribution in [0.1, 0.15) is 42.1 Å². The van der Waals surface area contributed by atoms with Crippen molar-refractivity contribution >= 4 is 33.1 Å². The van der Waals surface area contributed by atoms with Crippen molar-refractivity contribution < 1.29 is 4.79 Å². The zero-order chi connectivity index (χ0) is 15.2. The molecule has 0 atom stereocenters. The number of pyridine rings is 1. The third-order valence-electron chi connectivity index (χ3n) is 4.33. The summed E-state index contributed by atoms with van der Waals surface area (Å²) in [5.41, 5.74) is 8.03. The molecule has 3 heterocycles. The lowest BCUT2D eigenvalue weighted by Gasteiger charge is -2.36. The van der Waals surface area contributed by atoms with E-state index in [4.69, 9.17) is 5.73 Å². The lowest BCUT2D eigenvalue weighted by Crippen LogP contribution is -2.41. The largest absolute Gasteiger partial charge is 0.397 e. The molecular weight excluding hydrogens is 282 g/mol. The highest BCUT2D eigenvalue weighted by atomic mass is 32.1. The third kappa shape index (κ3) is 2.62. The molecule has 112 valence electrons. The minimum Gasteiger partial charge on any atom is -0.397 e.